The SMILES string of the molecule is CC(C)CC(NCO)C(=O)[O-].[Ca+2]. The third-order valence-corrected chi connectivity index (χ3v) is 1.33. The molecule has 0 aromatic heterocycles. The summed E-state index contributed by atoms with van der Waals surface area (Å²) >= 11 is 0. The molecule has 0 aromatic rings. The molecule has 0 aromatic carbocycles. The van der Waals surface area contributed by atoms with Gasteiger partial charge in [0.15, 0.2) is 0 Å². The van der Waals surface area contributed by atoms with Crippen molar-refractivity contribution in [2.45, 2.75) is 26.3 Å². The van der Waals surface area contributed by atoms with Crippen molar-refractivity contribution in [3.05, 3.63) is 0 Å². The van der Waals surface area contributed by atoms with Crippen LogP contribution in [0.2, 0.25) is 0 Å². The quantitative estimate of drug-likeness (QED) is 0.410. The summed E-state index contributed by atoms with van der Waals surface area (Å²) in [6, 6.07) is -0.736. The Bertz CT molecular complexity index is 130. The van der Waals surface area contributed by atoms with Crippen LogP contribution in [0, 0.1) is 5.92 Å². The second kappa shape index (κ2) is 8.26. The van der Waals surface area contributed by atoms with Crippen LogP contribution in [0.1, 0.15) is 20.3 Å². The molecule has 1 unspecified atom stereocenters. The minimum atomic E-state index is -1.16. The molecule has 0 bridgehead atoms. The number of carboxylic acids is 1. The summed E-state index contributed by atoms with van der Waals surface area (Å²) in [6.07, 6.45) is 0.475. The molecule has 12 heavy (non-hydrogen) atoms. The monoisotopic (exact) mass is 200 g/mol. The van der Waals surface area contributed by atoms with Crippen molar-refractivity contribution in [1.82, 2.24) is 5.32 Å². The van der Waals surface area contributed by atoms with Crippen LogP contribution < -0.4 is 10.4 Å². The fourth-order valence-electron chi connectivity index (χ4n) is 0.844. The number of carboxylic acid groups (broad SMARTS) is 1. The molecule has 0 aliphatic heterocycles. The number of aliphatic hydroxyl groups is 1. The van der Waals surface area contributed by atoms with Gasteiger partial charge in [0.1, 0.15) is 0 Å². The van der Waals surface area contributed by atoms with Gasteiger partial charge >= 0.3 is 37.7 Å². The van der Waals surface area contributed by atoms with Crippen LogP contribution in [-0.4, -0.2) is 61.6 Å². The molecule has 66 valence electrons. The van der Waals surface area contributed by atoms with Gasteiger partial charge in [0.25, 0.3) is 0 Å². The van der Waals surface area contributed by atoms with Gasteiger partial charge in [-0.2, -0.15) is 0 Å². The molecule has 5 heteroatoms. The average Bonchev–Trinajstić information content (AvgIpc) is 1.86. The van der Waals surface area contributed by atoms with E-state index in [0.29, 0.717) is 6.42 Å². The van der Waals surface area contributed by atoms with Crippen molar-refractivity contribution < 1.29 is 15.0 Å². The molecule has 0 amide bonds. The molecule has 0 saturated heterocycles. The zero-order chi connectivity index (χ0) is 8.85. The van der Waals surface area contributed by atoms with Gasteiger partial charge in [0, 0.05) is 6.04 Å². The molecule has 4 nitrogen and oxygen atoms in total. The number of aliphatic carboxylic acids is 1. The Morgan fingerprint density at radius 1 is 1.58 bits per heavy atom. The van der Waals surface area contributed by atoms with Crippen molar-refractivity contribution in [2.75, 3.05) is 6.73 Å². The first-order chi connectivity index (χ1) is 5.07. The van der Waals surface area contributed by atoms with E-state index in [0.717, 1.165) is 0 Å². The third-order valence-electron chi connectivity index (χ3n) is 1.33. The predicted octanol–water partition coefficient (Wildman–Crippen LogP) is -1.69. The number of hydrogen-bond acceptors (Lipinski definition) is 4. The molecule has 0 heterocycles. The topological polar surface area (TPSA) is 72.4 Å². The van der Waals surface area contributed by atoms with E-state index in [2.05, 4.69) is 5.32 Å². The Balaban J connectivity index is 0. The van der Waals surface area contributed by atoms with Gasteiger partial charge < -0.3 is 15.0 Å². The summed E-state index contributed by atoms with van der Waals surface area (Å²) in [5, 5.41) is 21.1. The fourth-order valence-corrected chi connectivity index (χ4v) is 0.844. The second-order valence-corrected chi connectivity index (χ2v) is 2.86. The Hall–Kier alpha value is 0.650. The summed E-state index contributed by atoms with van der Waals surface area (Å²) in [7, 11) is 0. The summed E-state index contributed by atoms with van der Waals surface area (Å²) in [4.78, 5) is 10.3. The molecule has 0 aliphatic rings. The minimum Gasteiger partial charge on any atom is -0.548 e. The van der Waals surface area contributed by atoms with E-state index in [1.165, 1.54) is 0 Å². The van der Waals surface area contributed by atoms with E-state index in [-0.39, 0.29) is 50.4 Å². The van der Waals surface area contributed by atoms with Crippen LogP contribution >= 0.6 is 0 Å². The molecule has 0 radical (unpaired) electrons. The third kappa shape index (κ3) is 7.31. The van der Waals surface area contributed by atoms with Gasteiger partial charge in [-0.3, -0.25) is 5.32 Å². The van der Waals surface area contributed by atoms with E-state index in [1.54, 1.807) is 0 Å². The standard InChI is InChI=1S/C7H15NO3.Ca/c1-5(2)3-6(7(10)11)8-4-9;/h5-6,8-9H,3-4H2,1-2H3,(H,10,11);/q;+2/p-1. The first kappa shape index (κ1) is 15.1. The fraction of sp³-hybridized carbons (Fsp3) is 0.857. The van der Waals surface area contributed by atoms with Crippen molar-refractivity contribution in [2.24, 2.45) is 5.92 Å². The van der Waals surface area contributed by atoms with Gasteiger partial charge in [-0.15, -0.1) is 0 Å². The number of rotatable bonds is 5. The first-order valence-electron chi connectivity index (χ1n) is 3.63. The van der Waals surface area contributed by atoms with Gasteiger partial charge in [-0.25, -0.2) is 0 Å². The summed E-state index contributed by atoms with van der Waals surface area (Å²) in [6.45, 7) is 3.50. The van der Waals surface area contributed by atoms with Crippen molar-refractivity contribution in [3.63, 3.8) is 0 Å². The molecule has 0 rings (SSSR count). The van der Waals surface area contributed by atoms with Crippen LogP contribution in [0.3, 0.4) is 0 Å². The Morgan fingerprint density at radius 2 is 2.08 bits per heavy atom. The normalized spacial score (nSPS) is 12.3. The molecule has 0 saturated carbocycles. The predicted molar refractivity (Wildman–Crippen MR) is 44.2 cm³/mol. The second-order valence-electron chi connectivity index (χ2n) is 2.86. The zero-order valence-electron chi connectivity index (χ0n) is 7.54. The summed E-state index contributed by atoms with van der Waals surface area (Å²) in [5.41, 5.74) is 0. The largest absolute Gasteiger partial charge is 2.00 e. The Kier molecular flexibility index (Phi) is 10.4. The zero-order valence-corrected chi connectivity index (χ0v) is 9.75. The molecule has 0 fully saturated rings. The van der Waals surface area contributed by atoms with Crippen LogP contribution in [0.15, 0.2) is 0 Å². The van der Waals surface area contributed by atoms with E-state index >= 15 is 0 Å². The average molecular weight is 200 g/mol. The smallest absolute Gasteiger partial charge is 0.548 e. The number of carbonyl (C=O) groups is 1. The molecule has 0 aliphatic carbocycles. The molecule has 2 N–H and O–H groups in total. The molecular formula is C7H14CaNO3+. The summed E-state index contributed by atoms with van der Waals surface area (Å²) in [5.74, 6) is -0.885. The van der Waals surface area contributed by atoms with Gasteiger partial charge in [-0.05, 0) is 12.3 Å². The van der Waals surface area contributed by atoms with E-state index in [1.807, 2.05) is 13.8 Å². The maximum absolute atomic E-state index is 10.3. The van der Waals surface area contributed by atoms with Crippen LogP contribution in [-0.2, 0) is 4.79 Å². The van der Waals surface area contributed by atoms with E-state index < -0.39 is 12.0 Å². The van der Waals surface area contributed by atoms with Gasteiger partial charge in [0.2, 0.25) is 0 Å². The number of nitrogens with one attached hydrogen (secondary N) is 1. The van der Waals surface area contributed by atoms with Crippen molar-refractivity contribution >= 4 is 43.7 Å². The van der Waals surface area contributed by atoms with Crippen molar-refractivity contribution in [1.29, 1.82) is 0 Å². The van der Waals surface area contributed by atoms with Crippen LogP contribution in [0.4, 0.5) is 0 Å². The molecule has 0 spiro atoms. The van der Waals surface area contributed by atoms with E-state index in [9.17, 15) is 9.90 Å². The number of carbonyl (C=O) groups excluding carboxylic acids is 1. The number of aliphatic hydroxyl groups excluding tert-OH is 1. The molecule has 1 atom stereocenters. The van der Waals surface area contributed by atoms with Gasteiger partial charge in [-0.1, -0.05) is 13.8 Å². The Morgan fingerprint density at radius 3 is 2.33 bits per heavy atom. The maximum atomic E-state index is 10.3. The van der Waals surface area contributed by atoms with Crippen LogP contribution in [0.25, 0.3) is 0 Å². The summed E-state index contributed by atoms with van der Waals surface area (Å²) < 4.78 is 0. The van der Waals surface area contributed by atoms with Gasteiger partial charge in [0.05, 0.1) is 12.7 Å². The van der Waals surface area contributed by atoms with Crippen LogP contribution in [0.5, 0.6) is 0 Å². The minimum absolute atomic E-state index is 0. The Labute approximate surface area is 102 Å². The number of hydrogen-bond donors (Lipinski definition) is 2. The molecular weight excluding hydrogens is 186 g/mol. The maximum Gasteiger partial charge on any atom is 2.00 e. The van der Waals surface area contributed by atoms with Crippen molar-refractivity contribution in [3.8, 4) is 0 Å². The van der Waals surface area contributed by atoms with E-state index in [4.69, 9.17) is 5.11 Å². The first-order valence-corrected chi connectivity index (χ1v) is 3.63.